The lowest BCUT2D eigenvalue weighted by Crippen LogP contribution is -2.45. The SMILES string of the molecule is CNC(C1=CCCCC1)C1(C)CCCS1. The van der Waals surface area contributed by atoms with Crippen LogP contribution in [0.3, 0.4) is 0 Å². The van der Waals surface area contributed by atoms with Crippen molar-refractivity contribution in [3.63, 3.8) is 0 Å². The van der Waals surface area contributed by atoms with Crippen LogP contribution in [-0.4, -0.2) is 23.6 Å². The molecule has 1 heterocycles. The zero-order valence-corrected chi connectivity index (χ0v) is 10.8. The molecule has 0 aromatic rings. The molecule has 2 atom stereocenters. The van der Waals surface area contributed by atoms with E-state index in [1.54, 1.807) is 5.57 Å². The van der Waals surface area contributed by atoms with Crippen LogP contribution in [0, 0.1) is 0 Å². The maximum Gasteiger partial charge on any atom is 0.0423 e. The summed E-state index contributed by atoms with van der Waals surface area (Å²) >= 11 is 2.17. The molecule has 1 nitrogen and oxygen atoms in total. The fourth-order valence-corrected chi connectivity index (χ4v) is 4.52. The topological polar surface area (TPSA) is 12.0 Å². The second kappa shape index (κ2) is 4.92. The Hall–Kier alpha value is 0.0500. The minimum Gasteiger partial charge on any atom is -0.312 e. The van der Waals surface area contributed by atoms with Gasteiger partial charge in [0.2, 0.25) is 0 Å². The lowest BCUT2D eigenvalue weighted by molar-refractivity contribution is 0.451. The molecule has 0 amide bonds. The second-order valence-corrected chi connectivity index (χ2v) is 6.64. The van der Waals surface area contributed by atoms with Gasteiger partial charge >= 0.3 is 0 Å². The van der Waals surface area contributed by atoms with Gasteiger partial charge in [-0.25, -0.2) is 0 Å². The highest BCUT2D eigenvalue weighted by molar-refractivity contribution is 8.00. The van der Waals surface area contributed by atoms with Crippen molar-refractivity contribution >= 4 is 11.8 Å². The van der Waals surface area contributed by atoms with E-state index < -0.39 is 0 Å². The van der Waals surface area contributed by atoms with Gasteiger partial charge in [-0.1, -0.05) is 11.6 Å². The van der Waals surface area contributed by atoms with Crippen LogP contribution in [-0.2, 0) is 0 Å². The average Bonchev–Trinajstić information content (AvgIpc) is 2.68. The monoisotopic (exact) mass is 225 g/mol. The van der Waals surface area contributed by atoms with Gasteiger partial charge in [0.15, 0.2) is 0 Å². The number of thioether (sulfide) groups is 1. The van der Waals surface area contributed by atoms with E-state index in [1.165, 1.54) is 44.3 Å². The predicted octanol–water partition coefficient (Wildman–Crippen LogP) is 3.36. The van der Waals surface area contributed by atoms with Gasteiger partial charge in [-0.2, -0.15) is 11.8 Å². The standard InChI is InChI=1S/C13H23NS/c1-13(9-6-10-15-13)12(14-2)11-7-4-3-5-8-11/h7,12,14H,3-6,8-10H2,1-2H3. The van der Waals surface area contributed by atoms with Gasteiger partial charge in [0, 0.05) is 10.8 Å². The first-order chi connectivity index (χ1) is 7.26. The van der Waals surface area contributed by atoms with Crippen LogP contribution < -0.4 is 5.32 Å². The van der Waals surface area contributed by atoms with Crippen molar-refractivity contribution in [2.24, 2.45) is 0 Å². The molecular weight excluding hydrogens is 202 g/mol. The van der Waals surface area contributed by atoms with Crippen LogP contribution in [0.1, 0.15) is 45.4 Å². The van der Waals surface area contributed by atoms with Crippen LogP contribution in [0.4, 0.5) is 0 Å². The van der Waals surface area contributed by atoms with E-state index >= 15 is 0 Å². The minimum atomic E-state index is 0.456. The van der Waals surface area contributed by atoms with Crippen molar-refractivity contribution in [1.29, 1.82) is 0 Å². The molecular formula is C13H23NS. The van der Waals surface area contributed by atoms with Crippen LogP contribution in [0.5, 0.6) is 0 Å². The molecule has 2 unspecified atom stereocenters. The summed E-state index contributed by atoms with van der Waals surface area (Å²) in [6, 6.07) is 0.616. The molecule has 1 N–H and O–H groups in total. The third kappa shape index (κ3) is 2.42. The third-order valence-corrected chi connectivity index (χ3v) is 5.44. The lowest BCUT2D eigenvalue weighted by Gasteiger charge is -2.36. The molecule has 2 aliphatic rings. The van der Waals surface area contributed by atoms with Crippen molar-refractivity contribution < 1.29 is 0 Å². The summed E-state index contributed by atoms with van der Waals surface area (Å²) in [5, 5.41) is 3.57. The van der Waals surface area contributed by atoms with Gasteiger partial charge in [-0.15, -0.1) is 0 Å². The van der Waals surface area contributed by atoms with E-state index in [-0.39, 0.29) is 0 Å². The van der Waals surface area contributed by atoms with Crippen molar-refractivity contribution in [2.45, 2.75) is 56.2 Å². The second-order valence-electron chi connectivity index (χ2n) is 5.01. The van der Waals surface area contributed by atoms with Gasteiger partial charge in [-0.3, -0.25) is 0 Å². The quantitative estimate of drug-likeness (QED) is 0.739. The van der Waals surface area contributed by atoms with Crippen molar-refractivity contribution in [3.8, 4) is 0 Å². The van der Waals surface area contributed by atoms with E-state index in [2.05, 4.69) is 37.1 Å². The molecule has 0 aromatic carbocycles. The molecule has 2 heteroatoms. The van der Waals surface area contributed by atoms with E-state index in [1.807, 2.05) is 0 Å². The van der Waals surface area contributed by atoms with Gasteiger partial charge in [0.25, 0.3) is 0 Å². The Morgan fingerprint density at radius 2 is 2.27 bits per heavy atom. The summed E-state index contributed by atoms with van der Waals surface area (Å²) in [5.74, 6) is 1.35. The molecule has 1 aliphatic heterocycles. The Balaban J connectivity index is 2.11. The highest BCUT2D eigenvalue weighted by atomic mass is 32.2. The summed E-state index contributed by atoms with van der Waals surface area (Å²) in [4.78, 5) is 0. The van der Waals surface area contributed by atoms with Gasteiger partial charge in [0.1, 0.15) is 0 Å². The van der Waals surface area contributed by atoms with Crippen LogP contribution in [0.15, 0.2) is 11.6 Å². The molecule has 1 aliphatic carbocycles. The van der Waals surface area contributed by atoms with Crippen LogP contribution >= 0.6 is 11.8 Å². The molecule has 1 saturated heterocycles. The largest absolute Gasteiger partial charge is 0.312 e. The molecule has 0 aromatic heterocycles. The first-order valence-electron chi connectivity index (χ1n) is 6.26. The van der Waals surface area contributed by atoms with E-state index in [4.69, 9.17) is 0 Å². The number of allylic oxidation sites excluding steroid dienone is 1. The maximum atomic E-state index is 3.57. The van der Waals surface area contributed by atoms with Crippen LogP contribution in [0.25, 0.3) is 0 Å². The zero-order chi connectivity index (χ0) is 10.7. The summed E-state index contributed by atoms with van der Waals surface area (Å²) in [5.41, 5.74) is 1.68. The number of hydrogen-bond donors (Lipinski definition) is 1. The summed E-state index contributed by atoms with van der Waals surface area (Å²) < 4.78 is 0.456. The third-order valence-electron chi connectivity index (χ3n) is 3.85. The zero-order valence-electron chi connectivity index (χ0n) is 10.0. The first kappa shape index (κ1) is 11.5. The normalized spacial score (nSPS) is 33.9. The van der Waals surface area contributed by atoms with E-state index in [0.29, 0.717) is 10.8 Å². The number of nitrogens with one attached hydrogen (secondary N) is 1. The molecule has 0 bridgehead atoms. The van der Waals surface area contributed by atoms with Crippen molar-refractivity contribution in [2.75, 3.05) is 12.8 Å². The average molecular weight is 225 g/mol. The Bertz CT molecular complexity index is 241. The first-order valence-corrected chi connectivity index (χ1v) is 7.25. The number of hydrogen-bond acceptors (Lipinski definition) is 2. The number of likely N-dealkylation sites (N-methyl/N-ethyl adjacent to an activating group) is 1. The maximum absolute atomic E-state index is 3.57. The summed E-state index contributed by atoms with van der Waals surface area (Å²) in [6.45, 7) is 2.45. The van der Waals surface area contributed by atoms with Crippen molar-refractivity contribution in [1.82, 2.24) is 5.32 Å². The highest BCUT2D eigenvalue weighted by Crippen LogP contribution is 2.43. The summed E-state index contributed by atoms with van der Waals surface area (Å²) in [6.07, 6.45) is 10.7. The molecule has 1 fully saturated rings. The van der Waals surface area contributed by atoms with E-state index in [0.717, 1.165) is 0 Å². The fraction of sp³-hybridized carbons (Fsp3) is 0.846. The van der Waals surface area contributed by atoms with Gasteiger partial charge in [0.05, 0.1) is 0 Å². The molecule has 0 saturated carbocycles. The Morgan fingerprint density at radius 1 is 1.40 bits per heavy atom. The molecule has 0 radical (unpaired) electrons. The Kier molecular flexibility index (Phi) is 3.78. The van der Waals surface area contributed by atoms with E-state index in [9.17, 15) is 0 Å². The molecule has 2 rings (SSSR count). The Morgan fingerprint density at radius 3 is 2.80 bits per heavy atom. The number of rotatable bonds is 3. The lowest BCUT2D eigenvalue weighted by atomic mass is 9.85. The van der Waals surface area contributed by atoms with Gasteiger partial charge in [-0.05, 0) is 58.2 Å². The predicted molar refractivity (Wildman–Crippen MR) is 69.5 cm³/mol. The van der Waals surface area contributed by atoms with Crippen molar-refractivity contribution in [3.05, 3.63) is 11.6 Å². The highest BCUT2D eigenvalue weighted by Gasteiger charge is 2.38. The fourth-order valence-electron chi connectivity index (χ4n) is 3.04. The molecule has 86 valence electrons. The van der Waals surface area contributed by atoms with Gasteiger partial charge < -0.3 is 5.32 Å². The molecule has 15 heavy (non-hydrogen) atoms. The van der Waals surface area contributed by atoms with Crippen LogP contribution in [0.2, 0.25) is 0 Å². The molecule has 0 spiro atoms. The Labute approximate surface area is 98.1 Å². The minimum absolute atomic E-state index is 0.456. The summed E-state index contributed by atoms with van der Waals surface area (Å²) in [7, 11) is 2.13. The smallest absolute Gasteiger partial charge is 0.0423 e.